The van der Waals surface area contributed by atoms with Crippen molar-refractivity contribution < 1.29 is 22.7 Å². The number of halogens is 3. The fourth-order valence-corrected chi connectivity index (χ4v) is 4.78. The summed E-state index contributed by atoms with van der Waals surface area (Å²) >= 11 is 0. The lowest BCUT2D eigenvalue weighted by molar-refractivity contribution is -0.137. The van der Waals surface area contributed by atoms with Crippen LogP contribution in [0, 0.1) is 0 Å². The minimum absolute atomic E-state index is 0.0721. The third-order valence-corrected chi connectivity index (χ3v) is 6.63. The predicted octanol–water partition coefficient (Wildman–Crippen LogP) is 4.65. The van der Waals surface area contributed by atoms with E-state index in [9.17, 15) is 18.0 Å². The van der Waals surface area contributed by atoms with E-state index in [-0.39, 0.29) is 23.4 Å². The van der Waals surface area contributed by atoms with E-state index in [2.05, 4.69) is 19.9 Å². The fraction of sp³-hybridized carbons (Fsp3) is 0.269. The summed E-state index contributed by atoms with van der Waals surface area (Å²) in [6.45, 7) is 2.57. The number of nitrogens with zero attached hydrogens (tertiary/aromatic N) is 7. The Kier molecular flexibility index (Phi) is 5.83. The zero-order chi connectivity index (χ0) is 26.4. The number of hydrogen-bond acceptors (Lipinski definition) is 7. The molecule has 9 nitrogen and oxygen atoms in total. The van der Waals surface area contributed by atoms with E-state index in [0.717, 1.165) is 6.07 Å². The summed E-state index contributed by atoms with van der Waals surface area (Å²) in [4.78, 5) is 35.3. The first kappa shape index (κ1) is 24.0. The molecular weight excluding hydrogens is 499 g/mol. The number of amides is 2. The molecule has 2 aliphatic rings. The minimum Gasteiger partial charge on any atom is -0.378 e. The number of aromatic nitrogens is 4. The van der Waals surface area contributed by atoms with E-state index < -0.39 is 17.8 Å². The summed E-state index contributed by atoms with van der Waals surface area (Å²) in [6, 6.07) is 6.83. The van der Waals surface area contributed by atoms with E-state index in [1.165, 1.54) is 34.3 Å². The lowest BCUT2D eigenvalue weighted by Crippen LogP contribution is -2.42. The molecule has 0 radical (unpaired) electrons. The maximum Gasteiger partial charge on any atom is 0.417 e. The Morgan fingerprint density at radius 3 is 2.47 bits per heavy atom. The van der Waals surface area contributed by atoms with Gasteiger partial charge in [0.1, 0.15) is 5.52 Å². The second-order valence-electron chi connectivity index (χ2n) is 9.08. The zero-order valence-electron chi connectivity index (χ0n) is 20.3. The van der Waals surface area contributed by atoms with Crippen molar-refractivity contribution in [2.45, 2.75) is 12.7 Å². The molecule has 38 heavy (non-hydrogen) atoms. The number of carbonyl (C=O) groups excluding carboxylic acids is 1. The highest BCUT2D eigenvalue weighted by molar-refractivity contribution is 6.08. The van der Waals surface area contributed by atoms with Gasteiger partial charge in [-0.1, -0.05) is 6.07 Å². The molecule has 0 spiro atoms. The van der Waals surface area contributed by atoms with Crippen LogP contribution in [0.5, 0.6) is 0 Å². The number of carbonyl (C=O) groups is 1. The summed E-state index contributed by atoms with van der Waals surface area (Å²) in [6.07, 6.45) is 1.28. The molecule has 12 heteroatoms. The molecule has 3 aromatic heterocycles. The van der Waals surface area contributed by atoms with Gasteiger partial charge in [-0.15, -0.1) is 0 Å². The maximum absolute atomic E-state index is 14.4. The Balaban J connectivity index is 1.45. The number of alkyl halides is 3. The van der Waals surface area contributed by atoms with Crippen LogP contribution in [0.25, 0.3) is 22.2 Å². The van der Waals surface area contributed by atoms with Crippen LogP contribution in [0.15, 0.2) is 55.1 Å². The van der Waals surface area contributed by atoms with Crippen molar-refractivity contribution in [3.8, 4) is 11.1 Å². The summed E-state index contributed by atoms with van der Waals surface area (Å²) < 4.78 is 48.5. The number of morpholine rings is 1. The van der Waals surface area contributed by atoms with Crippen LogP contribution in [0.4, 0.5) is 35.3 Å². The van der Waals surface area contributed by atoms with E-state index in [1.807, 2.05) is 4.90 Å². The van der Waals surface area contributed by atoms with Gasteiger partial charge in [0, 0.05) is 56.1 Å². The van der Waals surface area contributed by atoms with Crippen molar-refractivity contribution in [1.82, 2.24) is 24.8 Å². The summed E-state index contributed by atoms with van der Waals surface area (Å²) in [7, 11) is 1.59. The number of fused-ring (bicyclic) bond motifs is 3. The molecule has 6 rings (SSSR count). The second kappa shape index (κ2) is 9.21. The lowest BCUT2D eigenvalue weighted by Gasteiger charge is -2.35. The van der Waals surface area contributed by atoms with E-state index >= 15 is 0 Å². The number of pyridine rings is 2. The Morgan fingerprint density at radius 1 is 0.974 bits per heavy atom. The summed E-state index contributed by atoms with van der Waals surface area (Å²) in [5, 5.41) is 0. The Labute approximate surface area is 215 Å². The fourth-order valence-electron chi connectivity index (χ4n) is 4.78. The maximum atomic E-state index is 14.4. The Bertz CT molecular complexity index is 1520. The van der Waals surface area contributed by atoms with Gasteiger partial charge in [0.25, 0.3) is 0 Å². The first-order valence-corrected chi connectivity index (χ1v) is 12.0. The van der Waals surface area contributed by atoms with Crippen molar-refractivity contribution in [3.05, 3.63) is 66.2 Å². The normalized spacial score (nSPS) is 16.2. The highest BCUT2D eigenvalue weighted by Crippen LogP contribution is 2.43. The zero-order valence-corrected chi connectivity index (χ0v) is 20.3. The molecule has 0 unspecified atom stereocenters. The van der Waals surface area contributed by atoms with Gasteiger partial charge in [0.05, 0.1) is 42.2 Å². The van der Waals surface area contributed by atoms with Crippen molar-refractivity contribution in [2.75, 3.05) is 43.2 Å². The number of urea groups is 1. The molecule has 1 saturated heterocycles. The smallest absolute Gasteiger partial charge is 0.378 e. The SMILES string of the molecule is CN1Cc2cnc3cccnc3c2N(c2ccc(-c3cnc(N4CCOCC4)nc3)c(C(F)(F)F)c2)C1=O. The van der Waals surface area contributed by atoms with Gasteiger partial charge < -0.3 is 14.5 Å². The second-order valence-corrected chi connectivity index (χ2v) is 9.08. The van der Waals surface area contributed by atoms with Crippen molar-refractivity contribution in [3.63, 3.8) is 0 Å². The molecule has 2 aliphatic heterocycles. The van der Waals surface area contributed by atoms with Crippen molar-refractivity contribution in [1.29, 1.82) is 0 Å². The molecule has 5 heterocycles. The van der Waals surface area contributed by atoms with E-state index in [0.29, 0.717) is 54.5 Å². The van der Waals surface area contributed by atoms with Crippen LogP contribution >= 0.6 is 0 Å². The summed E-state index contributed by atoms with van der Waals surface area (Å²) in [5.74, 6) is 0.439. The minimum atomic E-state index is -4.69. The molecule has 2 amide bonds. The summed E-state index contributed by atoms with van der Waals surface area (Å²) in [5.41, 5.74) is 1.41. The molecule has 0 N–H and O–H groups in total. The lowest BCUT2D eigenvalue weighted by atomic mass is 9.99. The highest BCUT2D eigenvalue weighted by Gasteiger charge is 2.37. The third kappa shape index (κ3) is 4.16. The van der Waals surface area contributed by atoms with Crippen LogP contribution in [0.3, 0.4) is 0 Å². The topological polar surface area (TPSA) is 87.6 Å². The molecule has 1 aromatic carbocycles. The van der Waals surface area contributed by atoms with Gasteiger partial charge in [0.2, 0.25) is 5.95 Å². The molecule has 194 valence electrons. The molecular formula is C26H22F3N7O2. The average Bonchev–Trinajstić information content (AvgIpc) is 2.93. The van der Waals surface area contributed by atoms with Crippen LogP contribution in [-0.2, 0) is 17.5 Å². The number of hydrogen-bond donors (Lipinski definition) is 0. The number of anilines is 3. The van der Waals surface area contributed by atoms with Gasteiger partial charge in [-0.3, -0.25) is 14.9 Å². The third-order valence-electron chi connectivity index (χ3n) is 6.63. The standard InChI is InChI=1S/C26H22F3N7O2/c1-34-15-17-14-31-21-3-2-6-30-22(21)23(17)36(25(34)37)18-4-5-19(20(11-18)26(27,28)29)16-12-32-24(33-13-16)35-7-9-38-10-8-35/h2-6,11-14H,7-10,15H2,1H3. The van der Waals surface area contributed by atoms with Gasteiger partial charge in [0.15, 0.2) is 0 Å². The molecule has 4 aromatic rings. The highest BCUT2D eigenvalue weighted by atomic mass is 19.4. The van der Waals surface area contributed by atoms with E-state index in [4.69, 9.17) is 4.74 Å². The monoisotopic (exact) mass is 521 g/mol. The average molecular weight is 522 g/mol. The van der Waals surface area contributed by atoms with Crippen LogP contribution in [0.2, 0.25) is 0 Å². The molecule has 1 fully saturated rings. The first-order valence-electron chi connectivity index (χ1n) is 12.0. The van der Waals surface area contributed by atoms with Gasteiger partial charge >= 0.3 is 12.2 Å². The largest absolute Gasteiger partial charge is 0.417 e. The number of rotatable bonds is 3. The van der Waals surface area contributed by atoms with Gasteiger partial charge in [-0.25, -0.2) is 14.8 Å². The van der Waals surface area contributed by atoms with Gasteiger partial charge in [-0.2, -0.15) is 13.2 Å². The van der Waals surface area contributed by atoms with Gasteiger partial charge in [-0.05, 0) is 29.8 Å². The van der Waals surface area contributed by atoms with Crippen LogP contribution in [0.1, 0.15) is 11.1 Å². The van der Waals surface area contributed by atoms with Crippen molar-refractivity contribution >= 4 is 34.4 Å². The van der Waals surface area contributed by atoms with Crippen LogP contribution < -0.4 is 9.80 Å². The molecule has 0 bridgehead atoms. The van der Waals surface area contributed by atoms with Crippen molar-refractivity contribution in [2.24, 2.45) is 0 Å². The molecule has 0 atom stereocenters. The molecule has 0 saturated carbocycles. The quantitative estimate of drug-likeness (QED) is 0.388. The Hall–Kier alpha value is -4.32. The Morgan fingerprint density at radius 2 is 1.74 bits per heavy atom. The van der Waals surface area contributed by atoms with E-state index in [1.54, 1.807) is 31.6 Å². The molecule has 0 aliphatic carbocycles. The number of ether oxygens (including phenoxy) is 1. The first-order chi connectivity index (χ1) is 18.3. The predicted molar refractivity (Wildman–Crippen MR) is 134 cm³/mol. The number of benzene rings is 1. The van der Waals surface area contributed by atoms with Crippen LogP contribution in [-0.4, -0.2) is 64.2 Å².